The van der Waals surface area contributed by atoms with Crippen molar-refractivity contribution in [1.82, 2.24) is 0 Å². The normalized spacial score (nSPS) is 12.6. The number of ketones is 1. The number of hydrogen-bond acceptors (Lipinski definition) is 3. The number of aliphatic hydroxyl groups excluding tert-OH is 1. The smallest absolute Gasteiger partial charge is 0.303 e. The molecule has 1 unspecified atom stereocenters. The van der Waals surface area contributed by atoms with Gasteiger partial charge in [-0.15, -0.1) is 0 Å². The van der Waals surface area contributed by atoms with E-state index in [1.807, 2.05) is 0 Å². The molecule has 0 heterocycles. The van der Waals surface area contributed by atoms with Gasteiger partial charge in [-0.05, 0) is 13.3 Å². The maximum atomic E-state index is 10.3. The summed E-state index contributed by atoms with van der Waals surface area (Å²) in [6, 6.07) is 0. The fourth-order valence-corrected chi connectivity index (χ4v) is 0.463. The van der Waals surface area contributed by atoms with E-state index in [4.69, 9.17) is 10.2 Å². The van der Waals surface area contributed by atoms with Crippen molar-refractivity contribution in [3.63, 3.8) is 0 Å². The van der Waals surface area contributed by atoms with Crippen LogP contribution in [0.5, 0.6) is 0 Å². The van der Waals surface area contributed by atoms with Crippen molar-refractivity contribution in [1.29, 1.82) is 0 Å². The predicted octanol–water partition coefficient (Wildman–Crippen LogP) is -0.199. The van der Waals surface area contributed by atoms with Crippen LogP contribution in [0.15, 0.2) is 0 Å². The van der Waals surface area contributed by atoms with Crippen LogP contribution in [0.4, 0.5) is 0 Å². The van der Waals surface area contributed by atoms with Crippen LogP contribution in [0.25, 0.3) is 0 Å². The summed E-state index contributed by atoms with van der Waals surface area (Å²) < 4.78 is 0. The van der Waals surface area contributed by atoms with E-state index in [0.717, 1.165) is 0 Å². The number of rotatable bonds is 4. The first-order valence-corrected chi connectivity index (χ1v) is 2.94. The van der Waals surface area contributed by atoms with Crippen molar-refractivity contribution >= 4 is 11.8 Å². The lowest BCUT2D eigenvalue weighted by Crippen LogP contribution is -2.17. The number of carbonyl (C=O) groups is 2. The number of carboxylic acid groups (broad SMARTS) is 1. The zero-order valence-corrected chi connectivity index (χ0v) is 5.70. The monoisotopic (exact) mass is 146 g/mol. The Morgan fingerprint density at radius 1 is 1.50 bits per heavy atom. The first-order chi connectivity index (χ1) is 4.54. The molecule has 0 aliphatic rings. The van der Waals surface area contributed by atoms with Gasteiger partial charge in [0.25, 0.3) is 0 Å². The van der Waals surface area contributed by atoms with E-state index in [1.165, 1.54) is 6.92 Å². The Balaban J connectivity index is 3.49. The largest absolute Gasteiger partial charge is 0.481 e. The minimum atomic E-state index is -1.11. The maximum Gasteiger partial charge on any atom is 0.303 e. The first-order valence-electron chi connectivity index (χ1n) is 2.94. The van der Waals surface area contributed by atoms with Gasteiger partial charge in [0.2, 0.25) is 0 Å². The highest BCUT2D eigenvalue weighted by Gasteiger charge is 2.10. The second kappa shape index (κ2) is 4.00. The standard InChI is InChI=1S/C6H10O4/c1-4(7)5(8)2-3-6(9)10/h5,8H,2-3H2,1H3,(H,9,10). The molecule has 4 nitrogen and oxygen atoms in total. The van der Waals surface area contributed by atoms with Crippen molar-refractivity contribution in [2.75, 3.05) is 0 Å². The molecule has 0 amide bonds. The number of carbonyl (C=O) groups excluding carboxylic acids is 1. The molecule has 0 fully saturated rings. The first kappa shape index (κ1) is 9.10. The summed E-state index contributed by atoms with van der Waals surface area (Å²) in [5.74, 6) is -1.39. The third kappa shape index (κ3) is 4.03. The van der Waals surface area contributed by atoms with Crippen LogP contribution in [0, 0.1) is 0 Å². The zero-order valence-electron chi connectivity index (χ0n) is 5.70. The van der Waals surface area contributed by atoms with Crippen LogP contribution in [0.1, 0.15) is 19.8 Å². The fraction of sp³-hybridized carbons (Fsp3) is 0.667. The van der Waals surface area contributed by atoms with Gasteiger partial charge in [-0.25, -0.2) is 0 Å². The highest BCUT2D eigenvalue weighted by molar-refractivity contribution is 5.80. The summed E-state index contributed by atoms with van der Waals surface area (Å²) in [6.07, 6.45) is -1.28. The Morgan fingerprint density at radius 3 is 2.30 bits per heavy atom. The molecule has 0 saturated carbocycles. The highest BCUT2D eigenvalue weighted by atomic mass is 16.4. The van der Waals surface area contributed by atoms with Crippen LogP contribution >= 0.6 is 0 Å². The number of carboxylic acids is 1. The van der Waals surface area contributed by atoms with Crippen molar-refractivity contribution in [2.24, 2.45) is 0 Å². The molecule has 1 atom stereocenters. The SMILES string of the molecule is CC(=O)C(O)CCC(=O)O. The lowest BCUT2D eigenvalue weighted by Gasteiger charge is -2.01. The summed E-state index contributed by atoms with van der Waals surface area (Å²) in [5, 5.41) is 16.9. The van der Waals surface area contributed by atoms with E-state index in [2.05, 4.69) is 0 Å². The Hall–Kier alpha value is -0.900. The van der Waals surface area contributed by atoms with E-state index >= 15 is 0 Å². The van der Waals surface area contributed by atoms with Crippen LogP contribution < -0.4 is 0 Å². The van der Waals surface area contributed by atoms with Crippen molar-refractivity contribution in [3.05, 3.63) is 0 Å². The second-order valence-corrected chi connectivity index (χ2v) is 2.06. The van der Waals surface area contributed by atoms with Crippen LogP contribution in [-0.4, -0.2) is 28.1 Å². The minimum absolute atomic E-state index is 0.00463. The van der Waals surface area contributed by atoms with Gasteiger partial charge in [0.15, 0.2) is 5.78 Å². The summed E-state index contributed by atoms with van der Waals surface area (Å²) in [7, 11) is 0. The molecule has 0 aliphatic heterocycles. The quantitative estimate of drug-likeness (QED) is 0.576. The third-order valence-electron chi connectivity index (χ3n) is 1.10. The van der Waals surface area contributed by atoms with Crippen molar-refractivity contribution in [3.8, 4) is 0 Å². The molecule has 0 aromatic carbocycles. The van der Waals surface area contributed by atoms with Crippen molar-refractivity contribution in [2.45, 2.75) is 25.9 Å². The van der Waals surface area contributed by atoms with Gasteiger partial charge in [0.1, 0.15) is 6.10 Å². The topological polar surface area (TPSA) is 74.6 Å². The van der Waals surface area contributed by atoms with Gasteiger partial charge < -0.3 is 10.2 Å². The van der Waals surface area contributed by atoms with E-state index in [0.29, 0.717) is 0 Å². The molecule has 0 saturated heterocycles. The summed E-state index contributed by atoms with van der Waals surface area (Å²) >= 11 is 0. The molecular formula is C6H10O4. The Kier molecular flexibility index (Phi) is 3.64. The molecule has 0 spiro atoms. The van der Waals surface area contributed by atoms with Gasteiger partial charge in [-0.2, -0.15) is 0 Å². The number of hydrogen-bond donors (Lipinski definition) is 2. The van der Waals surface area contributed by atoms with Gasteiger partial charge in [0, 0.05) is 6.42 Å². The van der Waals surface area contributed by atoms with E-state index in [-0.39, 0.29) is 18.6 Å². The van der Waals surface area contributed by atoms with Crippen LogP contribution in [-0.2, 0) is 9.59 Å². The number of aliphatic hydroxyl groups is 1. The van der Waals surface area contributed by atoms with E-state index < -0.39 is 12.1 Å². The molecule has 58 valence electrons. The maximum absolute atomic E-state index is 10.3. The van der Waals surface area contributed by atoms with Gasteiger partial charge in [-0.3, -0.25) is 9.59 Å². The van der Waals surface area contributed by atoms with Gasteiger partial charge in [0.05, 0.1) is 0 Å². The highest BCUT2D eigenvalue weighted by Crippen LogP contribution is 1.97. The van der Waals surface area contributed by atoms with E-state index in [9.17, 15) is 9.59 Å². The second-order valence-electron chi connectivity index (χ2n) is 2.06. The van der Waals surface area contributed by atoms with Gasteiger partial charge in [-0.1, -0.05) is 0 Å². The number of Topliss-reactive ketones (excluding diaryl/α,β-unsaturated/α-hetero) is 1. The lowest BCUT2D eigenvalue weighted by atomic mass is 10.1. The molecule has 0 radical (unpaired) electrons. The summed E-state index contributed by atoms with van der Waals surface area (Å²) in [4.78, 5) is 20.2. The van der Waals surface area contributed by atoms with E-state index in [1.54, 1.807) is 0 Å². The molecule has 2 N–H and O–H groups in total. The van der Waals surface area contributed by atoms with Crippen molar-refractivity contribution < 1.29 is 19.8 Å². The molecule has 4 heteroatoms. The molecule has 0 bridgehead atoms. The Bertz CT molecular complexity index is 141. The average molecular weight is 146 g/mol. The molecule has 0 aromatic heterocycles. The number of aliphatic carboxylic acids is 1. The fourth-order valence-electron chi connectivity index (χ4n) is 0.463. The molecule has 0 rings (SSSR count). The third-order valence-corrected chi connectivity index (χ3v) is 1.10. The lowest BCUT2D eigenvalue weighted by molar-refractivity contribution is -0.138. The molecule has 0 aromatic rings. The van der Waals surface area contributed by atoms with Gasteiger partial charge >= 0.3 is 5.97 Å². The average Bonchev–Trinajstić information content (AvgIpc) is 1.82. The summed E-state index contributed by atoms with van der Waals surface area (Å²) in [6.45, 7) is 1.23. The zero-order chi connectivity index (χ0) is 8.15. The van der Waals surface area contributed by atoms with Crippen LogP contribution in [0.3, 0.4) is 0 Å². The minimum Gasteiger partial charge on any atom is -0.481 e. The molecule has 0 aliphatic carbocycles. The Labute approximate surface area is 58.5 Å². The van der Waals surface area contributed by atoms with Crippen LogP contribution in [0.2, 0.25) is 0 Å². The molecular weight excluding hydrogens is 136 g/mol. The Morgan fingerprint density at radius 2 is 2.00 bits per heavy atom. The summed E-state index contributed by atoms with van der Waals surface area (Å²) in [5.41, 5.74) is 0. The predicted molar refractivity (Wildman–Crippen MR) is 33.6 cm³/mol. The molecule has 10 heavy (non-hydrogen) atoms.